The monoisotopic (exact) mass is 419 g/mol. The predicted molar refractivity (Wildman–Crippen MR) is 114 cm³/mol. The minimum atomic E-state index is -0.423. The number of benzene rings is 2. The number of amides is 1. The Balaban J connectivity index is 1.47. The van der Waals surface area contributed by atoms with E-state index in [-0.39, 0.29) is 23.2 Å². The first-order chi connectivity index (χ1) is 15.1. The standard InChI is InChI=1S/C23H21N3O5/c1-14-19(20-22(28)25-13-26-23(20)31-14)21(27)24-11-16-8-9-17(18(10-16)29-2)30-12-15-6-4-3-5-7-15/h3-10,13H,11-12H2,1-2H3,(H,24,27)(H,25,26,28). The van der Waals surface area contributed by atoms with Gasteiger partial charge in [-0.3, -0.25) is 9.59 Å². The molecule has 8 nitrogen and oxygen atoms in total. The van der Waals surface area contributed by atoms with E-state index < -0.39 is 11.5 Å². The topological polar surface area (TPSA) is 106 Å². The number of methoxy groups -OCH3 is 1. The number of ether oxygens (including phenoxy) is 2. The molecule has 2 heterocycles. The summed E-state index contributed by atoms with van der Waals surface area (Å²) in [5.41, 5.74) is 1.75. The second kappa shape index (κ2) is 8.74. The number of H-pyrrole nitrogens is 1. The van der Waals surface area contributed by atoms with Gasteiger partial charge in [0, 0.05) is 6.54 Å². The molecule has 4 rings (SSSR count). The Morgan fingerprint density at radius 3 is 2.71 bits per heavy atom. The van der Waals surface area contributed by atoms with Crippen molar-refractivity contribution in [2.75, 3.05) is 7.11 Å². The largest absolute Gasteiger partial charge is 0.493 e. The van der Waals surface area contributed by atoms with Crippen molar-refractivity contribution < 1.29 is 18.7 Å². The highest BCUT2D eigenvalue weighted by Crippen LogP contribution is 2.29. The lowest BCUT2D eigenvalue weighted by Crippen LogP contribution is -2.24. The van der Waals surface area contributed by atoms with E-state index in [4.69, 9.17) is 13.9 Å². The zero-order valence-electron chi connectivity index (χ0n) is 17.1. The lowest BCUT2D eigenvalue weighted by atomic mass is 10.1. The molecule has 1 amide bonds. The smallest absolute Gasteiger partial charge is 0.262 e. The number of aromatic amines is 1. The van der Waals surface area contributed by atoms with Crippen molar-refractivity contribution in [3.05, 3.63) is 87.7 Å². The Morgan fingerprint density at radius 2 is 1.94 bits per heavy atom. The maximum atomic E-state index is 12.7. The summed E-state index contributed by atoms with van der Waals surface area (Å²) in [6.07, 6.45) is 1.24. The lowest BCUT2D eigenvalue weighted by Gasteiger charge is -2.13. The molecule has 0 aliphatic heterocycles. The number of aryl methyl sites for hydroxylation is 1. The van der Waals surface area contributed by atoms with Crippen LogP contribution in [0, 0.1) is 6.92 Å². The summed E-state index contributed by atoms with van der Waals surface area (Å²) in [5, 5.41) is 2.95. The van der Waals surface area contributed by atoms with Crippen LogP contribution in [-0.4, -0.2) is 23.0 Å². The first-order valence-corrected chi connectivity index (χ1v) is 9.65. The molecule has 0 saturated heterocycles. The molecule has 4 aromatic rings. The third-order valence-electron chi connectivity index (χ3n) is 4.82. The van der Waals surface area contributed by atoms with Crippen LogP contribution in [0.5, 0.6) is 11.5 Å². The second-order valence-corrected chi connectivity index (χ2v) is 6.89. The highest BCUT2D eigenvalue weighted by atomic mass is 16.5. The number of carbonyl (C=O) groups is 1. The number of nitrogens with zero attached hydrogens (tertiary/aromatic N) is 1. The van der Waals surface area contributed by atoms with Gasteiger partial charge in [-0.1, -0.05) is 36.4 Å². The predicted octanol–water partition coefficient (Wildman–Crippen LogP) is 3.34. The molecule has 0 unspecified atom stereocenters. The maximum Gasteiger partial charge on any atom is 0.262 e. The number of rotatable bonds is 7. The first kappa shape index (κ1) is 20.2. The highest BCUT2D eigenvalue weighted by molar-refractivity contribution is 6.06. The Labute approximate surface area is 177 Å². The van der Waals surface area contributed by atoms with E-state index in [0.717, 1.165) is 11.1 Å². The molecule has 2 aromatic carbocycles. The zero-order valence-corrected chi connectivity index (χ0v) is 17.1. The van der Waals surface area contributed by atoms with Crippen molar-refractivity contribution in [1.29, 1.82) is 0 Å². The quantitative estimate of drug-likeness (QED) is 0.476. The van der Waals surface area contributed by atoms with Gasteiger partial charge in [-0.05, 0) is 30.2 Å². The van der Waals surface area contributed by atoms with Gasteiger partial charge >= 0.3 is 0 Å². The summed E-state index contributed by atoms with van der Waals surface area (Å²) in [5.74, 6) is 1.08. The van der Waals surface area contributed by atoms with Crippen LogP contribution in [0.1, 0.15) is 27.2 Å². The molecule has 0 fully saturated rings. The van der Waals surface area contributed by atoms with Crippen LogP contribution in [0.2, 0.25) is 0 Å². The van der Waals surface area contributed by atoms with Crippen molar-refractivity contribution in [3.8, 4) is 11.5 Å². The van der Waals surface area contributed by atoms with Gasteiger partial charge < -0.3 is 24.2 Å². The Bertz CT molecular complexity index is 1280. The van der Waals surface area contributed by atoms with Crippen molar-refractivity contribution >= 4 is 17.0 Å². The SMILES string of the molecule is COc1cc(CNC(=O)c2c(C)oc3nc[nH]c(=O)c23)ccc1OCc1ccccc1. The van der Waals surface area contributed by atoms with Crippen molar-refractivity contribution in [1.82, 2.24) is 15.3 Å². The molecule has 2 aromatic heterocycles. The fourth-order valence-corrected chi connectivity index (χ4v) is 3.27. The van der Waals surface area contributed by atoms with Crippen LogP contribution in [0.4, 0.5) is 0 Å². The fourth-order valence-electron chi connectivity index (χ4n) is 3.27. The molecule has 0 atom stereocenters. The zero-order chi connectivity index (χ0) is 21.8. The van der Waals surface area contributed by atoms with Gasteiger partial charge in [0.05, 0.1) is 19.0 Å². The molecule has 0 saturated carbocycles. The van der Waals surface area contributed by atoms with Gasteiger partial charge in [-0.2, -0.15) is 0 Å². The van der Waals surface area contributed by atoms with Crippen LogP contribution >= 0.6 is 0 Å². The van der Waals surface area contributed by atoms with E-state index in [0.29, 0.717) is 23.9 Å². The van der Waals surface area contributed by atoms with Crippen molar-refractivity contribution in [3.63, 3.8) is 0 Å². The summed E-state index contributed by atoms with van der Waals surface area (Å²) in [4.78, 5) is 31.3. The number of hydrogen-bond acceptors (Lipinski definition) is 6. The first-order valence-electron chi connectivity index (χ1n) is 9.65. The average molecular weight is 419 g/mol. The molecule has 0 spiro atoms. The third kappa shape index (κ3) is 4.28. The molecule has 0 radical (unpaired) electrons. The Hall–Kier alpha value is -4.07. The van der Waals surface area contributed by atoms with Gasteiger partial charge in [0.2, 0.25) is 5.71 Å². The van der Waals surface area contributed by atoms with E-state index in [1.54, 1.807) is 26.2 Å². The van der Waals surface area contributed by atoms with Crippen LogP contribution in [0.15, 0.2) is 64.1 Å². The summed E-state index contributed by atoms with van der Waals surface area (Å²) in [6, 6.07) is 15.3. The van der Waals surface area contributed by atoms with E-state index in [9.17, 15) is 9.59 Å². The number of furan rings is 1. The van der Waals surface area contributed by atoms with Crippen LogP contribution in [0.25, 0.3) is 11.1 Å². The Kier molecular flexibility index (Phi) is 5.70. The number of fused-ring (bicyclic) bond motifs is 1. The lowest BCUT2D eigenvalue weighted by molar-refractivity contribution is 0.0950. The molecule has 0 aliphatic rings. The van der Waals surface area contributed by atoms with Crippen LogP contribution < -0.4 is 20.3 Å². The summed E-state index contributed by atoms with van der Waals surface area (Å²) in [6.45, 7) is 2.28. The average Bonchev–Trinajstić information content (AvgIpc) is 3.14. The molecule has 8 heteroatoms. The van der Waals surface area contributed by atoms with Gasteiger partial charge in [0.1, 0.15) is 17.8 Å². The number of nitrogens with one attached hydrogen (secondary N) is 2. The second-order valence-electron chi connectivity index (χ2n) is 6.89. The molecule has 2 N–H and O–H groups in total. The molecule has 0 aliphatic carbocycles. The van der Waals surface area contributed by atoms with Gasteiger partial charge in [0.15, 0.2) is 11.5 Å². The normalized spacial score (nSPS) is 10.8. The summed E-state index contributed by atoms with van der Waals surface area (Å²) >= 11 is 0. The van der Waals surface area contributed by atoms with E-state index in [1.807, 2.05) is 36.4 Å². The number of hydrogen-bond donors (Lipinski definition) is 2. The Morgan fingerprint density at radius 1 is 1.13 bits per heavy atom. The molecular formula is C23H21N3O5. The molecule has 0 bridgehead atoms. The van der Waals surface area contributed by atoms with Gasteiger partial charge in [-0.15, -0.1) is 0 Å². The minimum absolute atomic E-state index is 0.132. The van der Waals surface area contributed by atoms with Crippen LogP contribution in [0.3, 0.4) is 0 Å². The van der Waals surface area contributed by atoms with E-state index in [1.165, 1.54) is 6.33 Å². The van der Waals surface area contributed by atoms with E-state index >= 15 is 0 Å². The third-order valence-corrected chi connectivity index (χ3v) is 4.82. The molecule has 31 heavy (non-hydrogen) atoms. The number of carbonyl (C=O) groups excluding carboxylic acids is 1. The van der Waals surface area contributed by atoms with Crippen molar-refractivity contribution in [2.45, 2.75) is 20.1 Å². The summed E-state index contributed by atoms with van der Waals surface area (Å²) in [7, 11) is 1.56. The molecular weight excluding hydrogens is 398 g/mol. The van der Waals surface area contributed by atoms with E-state index in [2.05, 4.69) is 15.3 Å². The highest BCUT2D eigenvalue weighted by Gasteiger charge is 2.21. The minimum Gasteiger partial charge on any atom is -0.493 e. The number of aromatic nitrogens is 2. The van der Waals surface area contributed by atoms with Gasteiger partial charge in [-0.25, -0.2) is 4.98 Å². The fraction of sp³-hybridized carbons (Fsp3) is 0.174. The van der Waals surface area contributed by atoms with Crippen LogP contribution in [-0.2, 0) is 13.2 Å². The summed E-state index contributed by atoms with van der Waals surface area (Å²) < 4.78 is 16.7. The van der Waals surface area contributed by atoms with Gasteiger partial charge in [0.25, 0.3) is 11.5 Å². The maximum absolute atomic E-state index is 12.7. The van der Waals surface area contributed by atoms with Crippen molar-refractivity contribution in [2.24, 2.45) is 0 Å². The molecule has 158 valence electrons.